The van der Waals surface area contributed by atoms with E-state index in [0.29, 0.717) is 6.54 Å². The molecule has 0 spiro atoms. The molecule has 4 heteroatoms. The Balaban J connectivity index is 1.88. The van der Waals surface area contributed by atoms with E-state index in [1.807, 2.05) is 0 Å². The van der Waals surface area contributed by atoms with Crippen LogP contribution >= 0.6 is 0 Å². The lowest BCUT2D eigenvalue weighted by atomic mass is 9.93. The summed E-state index contributed by atoms with van der Waals surface area (Å²) in [5, 5.41) is 22.1. The molecule has 17 heavy (non-hydrogen) atoms. The van der Waals surface area contributed by atoms with Crippen LogP contribution in [-0.4, -0.2) is 22.4 Å². The normalized spacial score (nSPS) is 24.8. The van der Waals surface area contributed by atoms with Crippen molar-refractivity contribution >= 4 is 0 Å². The fraction of sp³-hybridized carbons (Fsp3) is 0.538. The van der Waals surface area contributed by atoms with Crippen molar-refractivity contribution in [3.05, 3.63) is 29.6 Å². The van der Waals surface area contributed by atoms with Gasteiger partial charge in [-0.15, -0.1) is 0 Å². The molecule has 1 saturated carbocycles. The predicted molar refractivity (Wildman–Crippen MR) is 63.2 cm³/mol. The fourth-order valence-corrected chi connectivity index (χ4v) is 2.35. The van der Waals surface area contributed by atoms with Crippen molar-refractivity contribution in [3.63, 3.8) is 0 Å². The van der Waals surface area contributed by atoms with Gasteiger partial charge in [0.1, 0.15) is 11.6 Å². The van der Waals surface area contributed by atoms with E-state index >= 15 is 0 Å². The van der Waals surface area contributed by atoms with E-state index in [2.05, 4.69) is 5.32 Å². The van der Waals surface area contributed by atoms with Crippen molar-refractivity contribution in [2.75, 3.05) is 0 Å². The van der Waals surface area contributed by atoms with Crippen molar-refractivity contribution < 1.29 is 14.6 Å². The van der Waals surface area contributed by atoms with Crippen molar-refractivity contribution in [2.24, 2.45) is 0 Å². The van der Waals surface area contributed by atoms with Crippen LogP contribution in [0.4, 0.5) is 4.39 Å². The molecule has 0 radical (unpaired) electrons. The van der Waals surface area contributed by atoms with Gasteiger partial charge in [-0.3, -0.25) is 0 Å². The summed E-state index contributed by atoms with van der Waals surface area (Å²) < 4.78 is 13.0. The van der Waals surface area contributed by atoms with Gasteiger partial charge in [0.2, 0.25) is 0 Å². The summed E-state index contributed by atoms with van der Waals surface area (Å²) >= 11 is 0. The van der Waals surface area contributed by atoms with E-state index in [1.54, 1.807) is 6.07 Å². The molecule has 2 rings (SSSR count). The number of phenolic OH excluding ortho intramolecular Hbond substituents is 1. The molecule has 0 heterocycles. The summed E-state index contributed by atoms with van der Waals surface area (Å²) in [5.74, 6) is -0.476. The lowest BCUT2D eigenvalue weighted by Gasteiger charge is -2.26. The van der Waals surface area contributed by atoms with Crippen LogP contribution in [0.25, 0.3) is 0 Å². The molecule has 0 amide bonds. The second-order valence-corrected chi connectivity index (χ2v) is 4.72. The third-order valence-electron chi connectivity index (χ3n) is 3.18. The van der Waals surface area contributed by atoms with Crippen LogP contribution in [0.5, 0.6) is 5.75 Å². The Hall–Kier alpha value is -1.13. The van der Waals surface area contributed by atoms with Crippen molar-refractivity contribution in [1.29, 1.82) is 0 Å². The molecular formula is C13H18FNO2. The van der Waals surface area contributed by atoms with Gasteiger partial charge >= 0.3 is 0 Å². The molecule has 0 bridgehead atoms. The van der Waals surface area contributed by atoms with E-state index < -0.39 is 5.82 Å². The Morgan fingerprint density at radius 3 is 2.82 bits per heavy atom. The quantitative estimate of drug-likeness (QED) is 0.755. The van der Waals surface area contributed by atoms with Crippen molar-refractivity contribution in [3.8, 4) is 5.75 Å². The molecular weight excluding hydrogens is 221 g/mol. The number of benzene rings is 1. The van der Waals surface area contributed by atoms with E-state index in [9.17, 15) is 14.6 Å². The maximum Gasteiger partial charge on any atom is 0.127 e. The number of nitrogens with one attached hydrogen (secondary N) is 1. The minimum atomic E-state index is -0.425. The van der Waals surface area contributed by atoms with Crippen LogP contribution in [0, 0.1) is 5.82 Å². The predicted octanol–water partition coefficient (Wildman–Crippen LogP) is 1.92. The van der Waals surface area contributed by atoms with Crippen LogP contribution in [0.15, 0.2) is 18.2 Å². The molecule has 1 aliphatic rings. The standard InChI is InChI=1S/C13H18FNO2/c14-10-4-9(5-13(17)6-10)8-15-11-2-1-3-12(16)7-11/h4-6,11-12,15-17H,1-3,7-8H2. The second-order valence-electron chi connectivity index (χ2n) is 4.72. The zero-order valence-corrected chi connectivity index (χ0v) is 9.69. The summed E-state index contributed by atoms with van der Waals surface area (Å²) in [5.41, 5.74) is 0.725. The van der Waals surface area contributed by atoms with Gasteiger partial charge in [-0.25, -0.2) is 4.39 Å². The number of phenols is 1. The van der Waals surface area contributed by atoms with Gasteiger partial charge in [0.25, 0.3) is 0 Å². The average Bonchev–Trinajstić information content (AvgIpc) is 2.25. The Morgan fingerprint density at radius 1 is 1.29 bits per heavy atom. The monoisotopic (exact) mass is 239 g/mol. The maximum absolute atomic E-state index is 13.0. The zero-order chi connectivity index (χ0) is 12.3. The van der Waals surface area contributed by atoms with E-state index in [1.165, 1.54) is 6.07 Å². The molecule has 0 saturated heterocycles. The Morgan fingerprint density at radius 2 is 2.12 bits per heavy atom. The van der Waals surface area contributed by atoms with Crippen molar-refractivity contribution in [1.82, 2.24) is 5.32 Å². The summed E-state index contributed by atoms with van der Waals surface area (Å²) in [6.07, 6.45) is 3.47. The number of aliphatic hydroxyl groups is 1. The number of hydrogen-bond donors (Lipinski definition) is 3. The third kappa shape index (κ3) is 3.68. The summed E-state index contributed by atoms with van der Waals surface area (Å²) in [6.45, 7) is 0.517. The molecule has 94 valence electrons. The van der Waals surface area contributed by atoms with Gasteiger partial charge < -0.3 is 15.5 Å². The second kappa shape index (κ2) is 5.47. The average molecular weight is 239 g/mol. The first-order chi connectivity index (χ1) is 8.13. The largest absolute Gasteiger partial charge is 0.508 e. The Bertz CT molecular complexity index is 363. The number of aromatic hydroxyl groups is 1. The SMILES string of the molecule is Oc1cc(F)cc(CNC2CCCC(O)C2)c1. The molecule has 1 aromatic rings. The van der Waals surface area contributed by atoms with Crippen LogP contribution in [0.1, 0.15) is 31.2 Å². The van der Waals surface area contributed by atoms with Crippen LogP contribution in [-0.2, 0) is 6.54 Å². The van der Waals surface area contributed by atoms with Gasteiger partial charge in [0.15, 0.2) is 0 Å². The number of halogens is 1. The highest BCUT2D eigenvalue weighted by Gasteiger charge is 2.19. The van der Waals surface area contributed by atoms with Crippen LogP contribution in [0.3, 0.4) is 0 Å². The maximum atomic E-state index is 13.0. The minimum absolute atomic E-state index is 0.0505. The topological polar surface area (TPSA) is 52.5 Å². The Kier molecular flexibility index (Phi) is 3.97. The molecule has 3 nitrogen and oxygen atoms in total. The molecule has 1 aliphatic carbocycles. The van der Waals surface area contributed by atoms with E-state index in [-0.39, 0.29) is 17.9 Å². The molecule has 3 N–H and O–H groups in total. The van der Waals surface area contributed by atoms with Gasteiger partial charge in [-0.1, -0.05) is 0 Å². The van der Waals surface area contributed by atoms with Crippen LogP contribution < -0.4 is 5.32 Å². The third-order valence-corrected chi connectivity index (χ3v) is 3.18. The van der Waals surface area contributed by atoms with Gasteiger partial charge in [-0.2, -0.15) is 0 Å². The van der Waals surface area contributed by atoms with Gasteiger partial charge in [-0.05, 0) is 43.4 Å². The smallest absolute Gasteiger partial charge is 0.127 e. The Labute approximate surface area is 100 Å². The highest BCUT2D eigenvalue weighted by Crippen LogP contribution is 2.19. The zero-order valence-electron chi connectivity index (χ0n) is 9.69. The van der Waals surface area contributed by atoms with Gasteiger partial charge in [0, 0.05) is 18.7 Å². The molecule has 2 unspecified atom stereocenters. The molecule has 1 fully saturated rings. The lowest BCUT2D eigenvalue weighted by Crippen LogP contribution is -2.35. The fourth-order valence-electron chi connectivity index (χ4n) is 2.35. The number of rotatable bonds is 3. The molecule has 1 aromatic carbocycles. The minimum Gasteiger partial charge on any atom is -0.508 e. The van der Waals surface area contributed by atoms with E-state index in [0.717, 1.165) is 37.3 Å². The van der Waals surface area contributed by atoms with Crippen molar-refractivity contribution in [2.45, 2.75) is 44.4 Å². The first-order valence-corrected chi connectivity index (χ1v) is 6.03. The molecule has 0 aromatic heterocycles. The first-order valence-electron chi connectivity index (χ1n) is 6.03. The number of hydrogen-bond acceptors (Lipinski definition) is 3. The lowest BCUT2D eigenvalue weighted by molar-refractivity contribution is 0.111. The number of aliphatic hydroxyl groups excluding tert-OH is 1. The van der Waals surface area contributed by atoms with Crippen LogP contribution in [0.2, 0.25) is 0 Å². The molecule has 2 atom stereocenters. The summed E-state index contributed by atoms with van der Waals surface area (Å²) in [7, 11) is 0. The summed E-state index contributed by atoms with van der Waals surface area (Å²) in [4.78, 5) is 0. The highest BCUT2D eigenvalue weighted by molar-refractivity contribution is 5.28. The van der Waals surface area contributed by atoms with Gasteiger partial charge in [0.05, 0.1) is 6.10 Å². The first kappa shape index (κ1) is 12.3. The molecule has 0 aliphatic heterocycles. The highest BCUT2D eigenvalue weighted by atomic mass is 19.1. The van der Waals surface area contributed by atoms with E-state index in [4.69, 9.17) is 0 Å². The summed E-state index contributed by atoms with van der Waals surface area (Å²) in [6, 6.07) is 4.33.